The molecule has 3 aromatic carbocycles. The van der Waals surface area contributed by atoms with E-state index in [0.717, 1.165) is 5.56 Å². The van der Waals surface area contributed by atoms with Gasteiger partial charge in [-0.05, 0) is 49.4 Å². The first-order valence-corrected chi connectivity index (χ1v) is 9.98. The van der Waals surface area contributed by atoms with Gasteiger partial charge in [0.2, 0.25) is 0 Å². The van der Waals surface area contributed by atoms with E-state index in [-0.39, 0.29) is 22.1 Å². The molecule has 0 aliphatic heterocycles. The van der Waals surface area contributed by atoms with Gasteiger partial charge in [-0.15, -0.1) is 15.0 Å². The van der Waals surface area contributed by atoms with E-state index < -0.39 is 10.1 Å². The molecule has 0 atom stereocenters. The van der Waals surface area contributed by atoms with Crippen LogP contribution >= 0.6 is 11.6 Å². The summed E-state index contributed by atoms with van der Waals surface area (Å²) in [6.45, 7) is 1.86. The van der Waals surface area contributed by atoms with Crippen molar-refractivity contribution in [2.75, 3.05) is 0 Å². The maximum atomic E-state index is 12.4. The molecular formula is C19H14ClN3O4S. The van der Waals surface area contributed by atoms with Gasteiger partial charge in [-0.2, -0.15) is 8.42 Å². The predicted molar refractivity (Wildman–Crippen MR) is 105 cm³/mol. The molecule has 28 heavy (non-hydrogen) atoms. The highest BCUT2D eigenvalue weighted by molar-refractivity contribution is 7.87. The Balaban J connectivity index is 1.64. The third-order valence-corrected chi connectivity index (χ3v) is 5.52. The number of benzene rings is 3. The zero-order chi connectivity index (χ0) is 19.9. The van der Waals surface area contributed by atoms with Crippen LogP contribution in [0.15, 0.2) is 65.6 Å². The maximum Gasteiger partial charge on any atom is 0.339 e. The molecular weight excluding hydrogens is 402 g/mol. The minimum atomic E-state index is -4.01. The van der Waals surface area contributed by atoms with E-state index in [1.165, 1.54) is 35.1 Å². The lowest BCUT2D eigenvalue weighted by Gasteiger charge is -2.09. The van der Waals surface area contributed by atoms with E-state index in [0.29, 0.717) is 16.1 Å². The monoisotopic (exact) mass is 415 g/mol. The smallest absolute Gasteiger partial charge is 0.339 e. The van der Waals surface area contributed by atoms with Crippen LogP contribution in [-0.4, -0.2) is 28.5 Å². The first kappa shape index (κ1) is 18.3. The lowest BCUT2D eigenvalue weighted by Crippen LogP contribution is -2.10. The third-order valence-electron chi connectivity index (χ3n) is 4.02. The van der Waals surface area contributed by atoms with E-state index in [9.17, 15) is 13.5 Å². The number of aryl methyl sites for hydroxylation is 1. The van der Waals surface area contributed by atoms with Gasteiger partial charge in [0.15, 0.2) is 0 Å². The maximum absolute atomic E-state index is 12.4. The van der Waals surface area contributed by atoms with Crippen molar-refractivity contribution in [3.05, 3.63) is 71.2 Å². The van der Waals surface area contributed by atoms with Gasteiger partial charge in [0.25, 0.3) is 0 Å². The van der Waals surface area contributed by atoms with Crippen LogP contribution in [-0.2, 0) is 10.1 Å². The molecule has 9 heteroatoms. The van der Waals surface area contributed by atoms with E-state index in [2.05, 4.69) is 10.2 Å². The highest BCUT2D eigenvalue weighted by Gasteiger charge is 2.18. The average Bonchev–Trinajstić information content (AvgIpc) is 3.04. The van der Waals surface area contributed by atoms with Crippen LogP contribution in [0.1, 0.15) is 5.56 Å². The number of phenols is 1. The molecule has 1 heterocycles. The average molecular weight is 416 g/mol. The van der Waals surface area contributed by atoms with Crippen LogP contribution in [0.4, 0.5) is 0 Å². The quantitative estimate of drug-likeness (QED) is 0.508. The highest BCUT2D eigenvalue weighted by Crippen LogP contribution is 2.29. The van der Waals surface area contributed by atoms with Crippen molar-refractivity contribution in [2.24, 2.45) is 0 Å². The second kappa shape index (κ2) is 6.81. The van der Waals surface area contributed by atoms with Crippen molar-refractivity contribution in [1.82, 2.24) is 15.0 Å². The molecule has 4 aromatic rings. The van der Waals surface area contributed by atoms with Gasteiger partial charge in [0, 0.05) is 11.1 Å². The van der Waals surface area contributed by atoms with Gasteiger partial charge in [0.1, 0.15) is 33.1 Å². The molecule has 0 aliphatic carbocycles. The standard InChI is InChI=1S/C19H14ClN3O4S/c1-12-2-6-15(7-3-12)28(25,26)27-14-5-9-18(19(24)11-14)23-21-16-8-4-13(20)10-17(16)22-23/h2-11,24H,1H3. The minimum Gasteiger partial charge on any atom is -0.505 e. The molecule has 0 saturated heterocycles. The minimum absolute atomic E-state index is 0.0263. The summed E-state index contributed by atoms with van der Waals surface area (Å²) in [6, 6.07) is 15.4. The van der Waals surface area contributed by atoms with E-state index in [4.69, 9.17) is 15.8 Å². The number of fused-ring (bicyclic) bond motifs is 1. The van der Waals surface area contributed by atoms with Crippen LogP contribution in [0.3, 0.4) is 0 Å². The number of nitrogens with zero attached hydrogens (tertiary/aromatic N) is 3. The first-order chi connectivity index (χ1) is 13.3. The Hall–Kier alpha value is -3.10. The number of aromatic hydroxyl groups is 1. The van der Waals surface area contributed by atoms with Gasteiger partial charge in [-0.3, -0.25) is 0 Å². The van der Waals surface area contributed by atoms with Crippen molar-refractivity contribution >= 4 is 32.8 Å². The summed E-state index contributed by atoms with van der Waals surface area (Å²) < 4.78 is 29.9. The van der Waals surface area contributed by atoms with Crippen LogP contribution in [0.5, 0.6) is 11.5 Å². The zero-order valence-corrected chi connectivity index (χ0v) is 16.1. The summed E-state index contributed by atoms with van der Waals surface area (Å²) in [5, 5.41) is 19.4. The molecule has 0 fully saturated rings. The van der Waals surface area contributed by atoms with Gasteiger partial charge in [-0.25, -0.2) is 0 Å². The van der Waals surface area contributed by atoms with E-state index in [1.54, 1.807) is 30.3 Å². The number of phenolic OH excluding ortho intramolecular Hbond substituents is 1. The molecule has 7 nitrogen and oxygen atoms in total. The molecule has 142 valence electrons. The number of aromatic nitrogens is 3. The molecule has 0 saturated carbocycles. The molecule has 0 unspecified atom stereocenters. The predicted octanol–water partition coefficient (Wildman–Crippen LogP) is 3.86. The Kier molecular flexibility index (Phi) is 4.44. The fourth-order valence-corrected chi connectivity index (χ4v) is 3.69. The zero-order valence-electron chi connectivity index (χ0n) is 14.6. The van der Waals surface area contributed by atoms with Crippen molar-refractivity contribution in [3.8, 4) is 17.2 Å². The molecule has 1 N–H and O–H groups in total. The van der Waals surface area contributed by atoms with Gasteiger partial charge in [-0.1, -0.05) is 29.3 Å². The van der Waals surface area contributed by atoms with Crippen LogP contribution in [0.2, 0.25) is 5.02 Å². The van der Waals surface area contributed by atoms with E-state index >= 15 is 0 Å². The topological polar surface area (TPSA) is 94.3 Å². The summed E-state index contributed by atoms with van der Waals surface area (Å²) in [5.74, 6) is -0.260. The Labute approximate surface area is 165 Å². The van der Waals surface area contributed by atoms with Gasteiger partial charge in [0.05, 0.1) is 0 Å². The lowest BCUT2D eigenvalue weighted by molar-refractivity contribution is 0.458. The SMILES string of the molecule is Cc1ccc(S(=O)(=O)Oc2ccc(-n3nc4ccc(Cl)cc4n3)c(O)c2)cc1. The normalized spacial score (nSPS) is 11.6. The number of hydrogen-bond donors (Lipinski definition) is 1. The Bertz CT molecular complexity index is 1280. The van der Waals surface area contributed by atoms with Crippen LogP contribution < -0.4 is 4.18 Å². The Morgan fingerprint density at radius 3 is 2.39 bits per heavy atom. The van der Waals surface area contributed by atoms with Crippen LogP contribution in [0, 0.1) is 6.92 Å². The fourth-order valence-electron chi connectivity index (χ4n) is 2.60. The molecule has 4 rings (SSSR count). The molecule has 0 aliphatic rings. The summed E-state index contributed by atoms with van der Waals surface area (Å²) in [5.41, 5.74) is 2.37. The summed E-state index contributed by atoms with van der Waals surface area (Å²) in [4.78, 5) is 1.27. The second-order valence-corrected chi connectivity index (χ2v) is 8.11. The summed E-state index contributed by atoms with van der Waals surface area (Å²) in [7, 11) is -4.01. The van der Waals surface area contributed by atoms with Gasteiger partial charge < -0.3 is 9.29 Å². The Morgan fingerprint density at radius 2 is 1.68 bits per heavy atom. The number of halogens is 1. The summed E-state index contributed by atoms with van der Waals surface area (Å²) in [6.07, 6.45) is 0. The molecule has 0 amide bonds. The number of rotatable bonds is 4. The molecule has 0 spiro atoms. The largest absolute Gasteiger partial charge is 0.505 e. The van der Waals surface area contributed by atoms with Crippen molar-refractivity contribution in [3.63, 3.8) is 0 Å². The van der Waals surface area contributed by atoms with Gasteiger partial charge >= 0.3 is 10.1 Å². The molecule has 0 bridgehead atoms. The van der Waals surface area contributed by atoms with Crippen molar-refractivity contribution in [2.45, 2.75) is 11.8 Å². The fraction of sp³-hybridized carbons (Fsp3) is 0.0526. The second-order valence-electron chi connectivity index (χ2n) is 6.12. The number of hydrogen-bond acceptors (Lipinski definition) is 6. The van der Waals surface area contributed by atoms with Crippen molar-refractivity contribution in [1.29, 1.82) is 0 Å². The van der Waals surface area contributed by atoms with Crippen molar-refractivity contribution < 1.29 is 17.7 Å². The third kappa shape index (κ3) is 3.51. The molecule has 0 radical (unpaired) electrons. The Morgan fingerprint density at radius 1 is 0.964 bits per heavy atom. The first-order valence-electron chi connectivity index (χ1n) is 8.19. The lowest BCUT2D eigenvalue weighted by atomic mass is 10.2. The van der Waals surface area contributed by atoms with Crippen LogP contribution in [0.25, 0.3) is 16.7 Å². The molecule has 1 aromatic heterocycles. The summed E-state index contributed by atoms with van der Waals surface area (Å²) >= 11 is 5.95. The van der Waals surface area contributed by atoms with E-state index in [1.807, 2.05) is 6.92 Å². The highest BCUT2D eigenvalue weighted by atomic mass is 35.5.